The molecule has 1 aromatic carbocycles. The van der Waals surface area contributed by atoms with E-state index in [1.54, 1.807) is 6.07 Å². The summed E-state index contributed by atoms with van der Waals surface area (Å²) in [6, 6.07) is 7.78. The van der Waals surface area contributed by atoms with E-state index in [1.807, 2.05) is 23.9 Å². The van der Waals surface area contributed by atoms with Gasteiger partial charge in [0.15, 0.2) is 0 Å². The fourth-order valence-electron chi connectivity index (χ4n) is 2.07. The van der Waals surface area contributed by atoms with Crippen LogP contribution in [0.1, 0.15) is 23.9 Å². The highest BCUT2D eigenvalue weighted by atomic mass is 35.5. The van der Waals surface area contributed by atoms with E-state index >= 15 is 0 Å². The lowest BCUT2D eigenvalue weighted by atomic mass is 10.1. The molecule has 2 aromatic rings. The molecule has 1 N–H and O–H groups in total. The van der Waals surface area contributed by atoms with E-state index in [9.17, 15) is 0 Å². The van der Waals surface area contributed by atoms with E-state index in [4.69, 9.17) is 23.2 Å². The monoisotopic (exact) mass is 311 g/mol. The largest absolute Gasteiger partial charge is 0.311 e. The molecule has 0 aliphatic rings. The predicted molar refractivity (Wildman–Crippen MR) is 84.5 cm³/mol. The van der Waals surface area contributed by atoms with Crippen molar-refractivity contribution in [1.29, 1.82) is 0 Å². The van der Waals surface area contributed by atoms with Crippen molar-refractivity contribution in [3.05, 3.63) is 51.3 Å². The summed E-state index contributed by atoms with van der Waals surface area (Å²) in [5.41, 5.74) is 3.44. The molecule has 5 heteroatoms. The van der Waals surface area contributed by atoms with Crippen LogP contribution in [0.25, 0.3) is 0 Å². The van der Waals surface area contributed by atoms with Crippen LogP contribution in [0.4, 0.5) is 0 Å². The molecule has 0 unspecified atom stereocenters. The standard InChI is InChI=1S/C15H19Cl2N3/c1-3-13-9-14(20(2)19-13)10-18-7-6-11-4-5-12(16)8-15(11)17/h4-5,8-9,18H,3,6-7,10H2,1-2H3. The van der Waals surface area contributed by atoms with Crippen LogP contribution in [0.5, 0.6) is 0 Å². The van der Waals surface area contributed by atoms with E-state index in [1.165, 1.54) is 5.69 Å². The first kappa shape index (κ1) is 15.4. The number of halogens is 2. The third-order valence-electron chi connectivity index (χ3n) is 3.28. The molecule has 0 saturated carbocycles. The van der Waals surface area contributed by atoms with Crippen LogP contribution in [0.2, 0.25) is 10.0 Å². The first-order chi connectivity index (χ1) is 9.60. The molecular weight excluding hydrogens is 293 g/mol. The van der Waals surface area contributed by atoms with Gasteiger partial charge in [-0.15, -0.1) is 0 Å². The van der Waals surface area contributed by atoms with Gasteiger partial charge in [-0.05, 0) is 43.1 Å². The van der Waals surface area contributed by atoms with Crippen LogP contribution in [0, 0.1) is 0 Å². The summed E-state index contributed by atoms with van der Waals surface area (Å²) >= 11 is 12.0. The Morgan fingerprint density at radius 1 is 1.25 bits per heavy atom. The lowest BCUT2D eigenvalue weighted by Gasteiger charge is -2.07. The molecular formula is C15H19Cl2N3. The Morgan fingerprint density at radius 3 is 2.70 bits per heavy atom. The molecule has 0 radical (unpaired) electrons. The van der Waals surface area contributed by atoms with Crippen LogP contribution < -0.4 is 5.32 Å². The highest BCUT2D eigenvalue weighted by molar-refractivity contribution is 6.35. The lowest BCUT2D eigenvalue weighted by Crippen LogP contribution is -2.18. The van der Waals surface area contributed by atoms with E-state index in [0.717, 1.165) is 42.2 Å². The summed E-state index contributed by atoms with van der Waals surface area (Å²) in [5, 5.41) is 9.25. The van der Waals surface area contributed by atoms with Crippen LogP contribution in [-0.2, 0) is 26.4 Å². The number of rotatable bonds is 6. The van der Waals surface area contributed by atoms with E-state index in [-0.39, 0.29) is 0 Å². The van der Waals surface area contributed by atoms with Gasteiger partial charge < -0.3 is 5.32 Å². The molecule has 3 nitrogen and oxygen atoms in total. The Kier molecular flexibility index (Phi) is 5.46. The molecule has 108 valence electrons. The Bertz CT molecular complexity index is 578. The predicted octanol–water partition coefficient (Wildman–Crippen LogP) is 3.62. The first-order valence-corrected chi connectivity index (χ1v) is 7.52. The van der Waals surface area contributed by atoms with Gasteiger partial charge in [-0.3, -0.25) is 4.68 Å². The van der Waals surface area contributed by atoms with Crippen molar-refractivity contribution in [2.75, 3.05) is 6.54 Å². The Labute approximate surface area is 129 Å². The highest BCUT2D eigenvalue weighted by Gasteiger charge is 2.04. The fraction of sp³-hybridized carbons (Fsp3) is 0.400. The third-order valence-corrected chi connectivity index (χ3v) is 3.87. The topological polar surface area (TPSA) is 29.9 Å². The summed E-state index contributed by atoms with van der Waals surface area (Å²) in [6.45, 7) is 3.80. The normalized spacial score (nSPS) is 11.0. The number of aromatic nitrogens is 2. The van der Waals surface area contributed by atoms with Crippen LogP contribution in [0.15, 0.2) is 24.3 Å². The number of hydrogen-bond acceptors (Lipinski definition) is 2. The van der Waals surface area contributed by atoms with Gasteiger partial charge in [0.2, 0.25) is 0 Å². The molecule has 0 amide bonds. The van der Waals surface area contributed by atoms with Crippen LogP contribution in [-0.4, -0.2) is 16.3 Å². The minimum Gasteiger partial charge on any atom is -0.311 e. The summed E-state index contributed by atoms with van der Waals surface area (Å²) in [4.78, 5) is 0. The smallest absolute Gasteiger partial charge is 0.0625 e. The Balaban J connectivity index is 1.82. The van der Waals surface area contributed by atoms with Crippen molar-refractivity contribution in [2.45, 2.75) is 26.3 Å². The molecule has 0 fully saturated rings. The molecule has 0 spiro atoms. The average molecular weight is 312 g/mol. The zero-order valence-corrected chi connectivity index (χ0v) is 13.3. The second-order valence-electron chi connectivity index (χ2n) is 4.77. The molecule has 0 bridgehead atoms. The fourth-order valence-corrected chi connectivity index (χ4v) is 2.58. The number of nitrogens with zero attached hydrogens (tertiary/aromatic N) is 2. The molecule has 1 heterocycles. The number of aryl methyl sites for hydroxylation is 2. The maximum Gasteiger partial charge on any atom is 0.0625 e. The lowest BCUT2D eigenvalue weighted by molar-refractivity contribution is 0.623. The van der Waals surface area contributed by atoms with E-state index in [2.05, 4.69) is 23.4 Å². The molecule has 0 aliphatic heterocycles. The number of hydrogen-bond donors (Lipinski definition) is 1. The summed E-state index contributed by atoms with van der Waals surface area (Å²) < 4.78 is 1.93. The molecule has 20 heavy (non-hydrogen) atoms. The van der Waals surface area contributed by atoms with Crippen molar-refractivity contribution < 1.29 is 0 Å². The first-order valence-electron chi connectivity index (χ1n) is 6.76. The van der Waals surface area contributed by atoms with Crippen molar-refractivity contribution in [3.8, 4) is 0 Å². The Hall–Kier alpha value is -1.03. The summed E-state index contributed by atoms with van der Waals surface area (Å²) in [6.07, 6.45) is 1.85. The minimum atomic E-state index is 0.675. The maximum absolute atomic E-state index is 6.15. The van der Waals surface area contributed by atoms with Crippen molar-refractivity contribution in [3.63, 3.8) is 0 Å². The van der Waals surface area contributed by atoms with Gasteiger partial charge in [-0.25, -0.2) is 0 Å². The number of benzene rings is 1. The zero-order valence-electron chi connectivity index (χ0n) is 11.8. The number of nitrogens with one attached hydrogen (secondary N) is 1. The van der Waals surface area contributed by atoms with Gasteiger partial charge in [0.1, 0.15) is 0 Å². The van der Waals surface area contributed by atoms with E-state index in [0.29, 0.717) is 5.02 Å². The highest BCUT2D eigenvalue weighted by Crippen LogP contribution is 2.21. The average Bonchev–Trinajstić information content (AvgIpc) is 2.77. The zero-order chi connectivity index (χ0) is 14.5. The summed E-state index contributed by atoms with van der Waals surface area (Å²) in [5.74, 6) is 0. The second-order valence-corrected chi connectivity index (χ2v) is 5.61. The van der Waals surface area contributed by atoms with Gasteiger partial charge in [0.25, 0.3) is 0 Å². The maximum atomic E-state index is 6.15. The molecule has 0 atom stereocenters. The SMILES string of the molecule is CCc1cc(CNCCc2ccc(Cl)cc2Cl)n(C)n1. The summed E-state index contributed by atoms with van der Waals surface area (Å²) in [7, 11) is 1.98. The van der Waals surface area contributed by atoms with Gasteiger partial charge in [0, 0.05) is 23.6 Å². The van der Waals surface area contributed by atoms with Crippen LogP contribution >= 0.6 is 23.2 Å². The van der Waals surface area contributed by atoms with E-state index < -0.39 is 0 Å². The molecule has 0 aliphatic carbocycles. The molecule has 1 aromatic heterocycles. The van der Waals surface area contributed by atoms with Crippen molar-refractivity contribution in [1.82, 2.24) is 15.1 Å². The van der Waals surface area contributed by atoms with Crippen LogP contribution in [0.3, 0.4) is 0 Å². The third kappa shape index (κ3) is 3.98. The van der Waals surface area contributed by atoms with Gasteiger partial charge in [-0.2, -0.15) is 5.10 Å². The van der Waals surface area contributed by atoms with Crippen molar-refractivity contribution >= 4 is 23.2 Å². The van der Waals surface area contributed by atoms with Gasteiger partial charge in [-0.1, -0.05) is 36.2 Å². The van der Waals surface area contributed by atoms with Crippen molar-refractivity contribution in [2.24, 2.45) is 7.05 Å². The van der Waals surface area contributed by atoms with Gasteiger partial charge >= 0.3 is 0 Å². The minimum absolute atomic E-state index is 0.675. The Morgan fingerprint density at radius 2 is 2.05 bits per heavy atom. The second kappa shape index (κ2) is 7.11. The molecule has 2 rings (SSSR count). The quantitative estimate of drug-likeness (QED) is 0.826. The van der Waals surface area contributed by atoms with Gasteiger partial charge in [0.05, 0.1) is 11.4 Å². The molecule has 0 saturated heterocycles.